The van der Waals surface area contributed by atoms with Crippen LogP contribution in [0, 0.1) is 5.92 Å². The zero-order chi connectivity index (χ0) is 83.0. The number of carboxylic acid groups (broad SMARTS) is 1. The Kier molecular flexibility index (Phi) is 35.8. The number of benzene rings is 2. The molecular formula is C76H114N22O16. The number of imidazole rings is 1. The largest absolute Gasteiger partial charge is 0.480 e. The van der Waals surface area contributed by atoms with E-state index in [1.165, 1.54) is 27.2 Å². The van der Waals surface area contributed by atoms with Crippen LogP contribution in [0.15, 0.2) is 77.1 Å². The zero-order valence-corrected chi connectivity index (χ0v) is 65.0. The van der Waals surface area contributed by atoms with E-state index in [1.807, 2.05) is 55.5 Å². The van der Waals surface area contributed by atoms with Crippen molar-refractivity contribution < 1.29 is 77.3 Å². The molecule has 0 spiro atoms. The van der Waals surface area contributed by atoms with Crippen molar-refractivity contribution in [2.75, 3.05) is 52.4 Å². The Morgan fingerprint density at radius 2 is 1.05 bits per heavy atom. The number of aliphatic carboxylic acids is 1. The van der Waals surface area contributed by atoms with Crippen LogP contribution in [-0.4, -0.2) is 254 Å². The average molecular weight is 1590 g/mol. The van der Waals surface area contributed by atoms with E-state index in [0.717, 1.165) is 11.1 Å². The summed E-state index contributed by atoms with van der Waals surface area (Å²) in [6.45, 7) is 4.47. The molecule has 1 aromatic heterocycles. The molecule has 114 heavy (non-hydrogen) atoms. The summed E-state index contributed by atoms with van der Waals surface area (Å²) in [5.41, 5.74) is 30.8. The number of carbonyl (C=O) groups excluding carboxylic acids is 13. The Morgan fingerprint density at radius 1 is 0.553 bits per heavy atom. The Hall–Kier alpha value is -11.3. The van der Waals surface area contributed by atoms with E-state index in [-0.39, 0.29) is 153 Å². The van der Waals surface area contributed by atoms with Crippen molar-refractivity contribution in [1.82, 2.24) is 77.8 Å². The second kappa shape index (κ2) is 45.4. The topological polar surface area (TPSA) is 593 Å². The summed E-state index contributed by atoms with van der Waals surface area (Å²) in [5.74, 6) is -11.4. The van der Waals surface area contributed by atoms with Gasteiger partial charge in [-0.1, -0.05) is 88.2 Å². The molecule has 23 N–H and O–H groups in total. The number of unbranched alkanes of at least 4 members (excludes halogenated alkanes) is 2. The zero-order valence-electron chi connectivity index (χ0n) is 65.0. The Bertz CT molecular complexity index is 3860. The number of nitrogens with zero attached hydrogens (tertiary/aromatic N) is 6. The van der Waals surface area contributed by atoms with E-state index < -0.39 is 163 Å². The lowest BCUT2D eigenvalue weighted by Crippen LogP contribution is -2.61. The summed E-state index contributed by atoms with van der Waals surface area (Å²) in [5, 5.41) is 47.6. The number of carboxylic acids is 1. The van der Waals surface area contributed by atoms with E-state index in [9.17, 15) is 77.3 Å². The molecule has 624 valence electrons. The van der Waals surface area contributed by atoms with Gasteiger partial charge in [-0.15, -0.1) is 0 Å². The fraction of sp³-hybridized carbons (Fsp3) is 0.592. The second-order valence-corrected chi connectivity index (χ2v) is 29.5. The molecule has 5 heterocycles. The van der Waals surface area contributed by atoms with E-state index in [2.05, 4.69) is 73.1 Å². The minimum atomic E-state index is -1.77. The number of aromatic amines is 1. The Labute approximate surface area is 661 Å². The lowest BCUT2D eigenvalue weighted by molar-refractivity contribution is -0.145. The van der Waals surface area contributed by atoms with Crippen LogP contribution in [0.2, 0.25) is 0 Å². The van der Waals surface area contributed by atoms with Crippen LogP contribution in [0.5, 0.6) is 0 Å². The van der Waals surface area contributed by atoms with Gasteiger partial charge in [0.15, 0.2) is 11.9 Å². The molecule has 0 unspecified atom stereocenters. The van der Waals surface area contributed by atoms with Gasteiger partial charge in [-0.3, -0.25) is 72.3 Å². The number of aliphatic hydroxyl groups excluding tert-OH is 1. The van der Waals surface area contributed by atoms with E-state index in [1.54, 1.807) is 19.9 Å². The first kappa shape index (κ1) is 89.9. The van der Waals surface area contributed by atoms with Gasteiger partial charge in [-0.05, 0) is 132 Å². The van der Waals surface area contributed by atoms with E-state index in [0.29, 0.717) is 56.2 Å². The van der Waals surface area contributed by atoms with Crippen molar-refractivity contribution in [2.45, 2.75) is 228 Å². The molecule has 4 fully saturated rings. The quantitative estimate of drug-likeness (QED) is 0.0149. The van der Waals surface area contributed by atoms with Gasteiger partial charge >= 0.3 is 5.97 Å². The number of guanidine groups is 2. The molecule has 38 nitrogen and oxygen atoms in total. The van der Waals surface area contributed by atoms with Gasteiger partial charge in [0.25, 0.3) is 0 Å². The normalized spacial score (nSPS) is 18.6. The summed E-state index contributed by atoms with van der Waals surface area (Å²) in [6, 6.07) is 1.71. The van der Waals surface area contributed by atoms with E-state index in [4.69, 9.17) is 28.7 Å². The van der Waals surface area contributed by atoms with Gasteiger partial charge < -0.3 is 112 Å². The number of carbonyl (C=O) groups is 14. The molecule has 7 rings (SSSR count). The summed E-state index contributed by atoms with van der Waals surface area (Å²) in [6.07, 6.45) is 6.87. The molecule has 38 heteroatoms. The number of hydrogen-bond donors (Lipinski definition) is 18. The predicted molar refractivity (Wildman–Crippen MR) is 418 cm³/mol. The molecule has 4 aliphatic heterocycles. The predicted octanol–water partition coefficient (Wildman–Crippen LogP) is -3.34. The summed E-state index contributed by atoms with van der Waals surface area (Å²) >= 11 is 0. The number of H-pyrrole nitrogens is 1. The van der Waals surface area contributed by atoms with Crippen molar-refractivity contribution in [3.8, 4) is 11.1 Å². The smallest absolute Gasteiger partial charge is 0.326 e. The molecular weight excluding hydrogens is 1480 g/mol. The number of aliphatic imine (C=N–C) groups is 2. The van der Waals surface area contributed by atoms with Crippen molar-refractivity contribution in [1.29, 1.82) is 0 Å². The van der Waals surface area contributed by atoms with Crippen LogP contribution in [0.1, 0.15) is 154 Å². The first-order chi connectivity index (χ1) is 54.6. The summed E-state index contributed by atoms with van der Waals surface area (Å²) < 4.78 is 0. The van der Waals surface area contributed by atoms with Crippen LogP contribution in [0.25, 0.3) is 11.1 Å². The molecule has 12 atom stereocenters. The van der Waals surface area contributed by atoms with Gasteiger partial charge in [0.2, 0.25) is 76.8 Å². The number of hydrogen-bond acceptors (Lipinski definition) is 19. The van der Waals surface area contributed by atoms with Gasteiger partial charge in [0, 0.05) is 63.9 Å². The lowest BCUT2D eigenvalue weighted by atomic mass is 9.99. The summed E-state index contributed by atoms with van der Waals surface area (Å²) in [4.78, 5) is 215. The molecule has 3 aromatic rings. The highest BCUT2D eigenvalue weighted by Crippen LogP contribution is 2.26. The number of likely N-dealkylation sites (tertiary alicyclic amines) is 3. The maximum Gasteiger partial charge on any atom is 0.326 e. The highest BCUT2D eigenvalue weighted by molar-refractivity contribution is 6.00. The number of aliphatic hydroxyl groups is 1. The van der Waals surface area contributed by atoms with Gasteiger partial charge in [0.1, 0.15) is 72.5 Å². The fourth-order valence-corrected chi connectivity index (χ4v) is 14.3. The monoisotopic (exact) mass is 1590 g/mol. The van der Waals surface area contributed by atoms with E-state index >= 15 is 0 Å². The average Bonchev–Trinajstić information content (AvgIpc) is 1.63. The third-order valence-corrected chi connectivity index (χ3v) is 20.3. The molecule has 0 bridgehead atoms. The third kappa shape index (κ3) is 27.5. The van der Waals surface area contributed by atoms with Crippen LogP contribution in [0.4, 0.5) is 0 Å². The van der Waals surface area contributed by atoms with Gasteiger partial charge in [0.05, 0.1) is 19.5 Å². The SMILES string of the molecule is CCCC[C@H](NC(=O)[C@@H]1CCCN1C(=O)CNC(=O)[C@H](CCCCN)NC(=O)[C@H](Cc1cnc[nH]1)NC(=O)[C@H](CO)NC(=O)[C@H](CC(C)C)NC(=O)[C@H](CCCN=C(N)N)NC(=O)[C@@H]1CCCN1C(=O)[C@H](CCCN=C(N)N)NC(=O)[C@@H]1CCC(=O)N1)C(=O)N1CCC[C@H]1C(=O)N[C@H](Cc1cccc(-c2ccccc2)c1)C(=O)O. The highest BCUT2D eigenvalue weighted by atomic mass is 16.4. The number of aromatic nitrogens is 2. The molecule has 13 amide bonds. The first-order valence-electron chi connectivity index (χ1n) is 39.3. The van der Waals surface area contributed by atoms with Gasteiger partial charge in [-0.2, -0.15) is 0 Å². The first-order valence-corrected chi connectivity index (χ1v) is 39.3. The van der Waals surface area contributed by atoms with Crippen molar-refractivity contribution in [2.24, 2.45) is 44.6 Å². The number of amides is 13. The van der Waals surface area contributed by atoms with Crippen molar-refractivity contribution >= 4 is 94.7 Å². The number of nitrogens with one attached hydrogen (secondary N) is 11. The third-order valence-electron chi connectivity index (χ3n) is 20.3. The van der Waals surface area contributed by atoms with Crippen LogP contribution >= 0.6 is 0 Å². The molecule has 4 aliphatic rings. The van der Waals surface area contributed by atoms with Crippen molar-refractivity contribution in [3.05, 3.63) is 78.4 Å². The second-order valence-electron chi connectivity index (χ2n) is 29.5. The minimum absolute atomic E-state index is 0.00817. The maximum atomic E-state index is 14.6. The molecule has 4 saturated heterocycles. The Balaban J connectivity index is 0.980. The van der Waals surface area contributed by atoms with Gasteiger partial charge in [-0.25, -0.2) is 9.78 Å². The van der Waals surface area contributed by atoms with Crippen LogP contribution < -0.4 is 81.8 Å². The Morgan fingerprint density at radius 3 is 1.61 bits per heavy atom. The number of nitrogens with two attached hydrogens (primary N) is 5. The van der Waals surface area contributed by atoms with Crippen LogP contribution in [0.3, 0.4) is 0 Å². The molecule has 0 saturated carbocycles. The molecule has 2 aromatic carbocycles. The van der Waals surface area contributed by atoms with Crippen LogP contribution in [-0.2, 0) is 80.0 Å². The maximum absolute atomic E-state index is 14.6. The lowest BCUT2D eigenvalue weighted by Gasteiger charge is -2.31. The molecule has 0 radical (unpaired) electrons. The summed E-state index contributed by atoms with van der Waals surface area (Å²) in [7, 11) is 0. The minimum Gasteiger partial charge on any atom is -0.480 e. The van der Waals surface area contributed by atoms with Crippen molar-refractivity contribution in [3.63, 3.8) is 0 Å². The fourth-order valence-electron chi connectivity index (χ4n) is 14.3. The molecule has 0 aliphatic carbocycles. The standard InChI is InChI=1S/C76H114N22O16/c1-4-5-21-52(72(111)98-35-16-27-60(98)71(110)94-56(74(113)114)38-45-17-11-20-47(37-45)46-18-7-6-8-19-46)91-69(108)58-25-14-33-96(58)62(101)41-85-63(102)49(22-9-10-30-77)88-67(106)55(39-48-40-82-43-86-48)93-68(107)57(42-99)95-66(105)54(36-44(2)3)92-64(103)50(23-12-31-83-75(78)79)89-70(109)59-26-15-34-97(59)73(112)53(24-13-32-84-76(80)81)90-65(104)51-28-29-61(100)87-51/h6-8,11,17-20,37,40,43-44,49-60,99H,4-5,9-10,12-16,21-36,38-39,41-42,77H2,1-3H3,(H,82,86)(H,85,102)(H,87,100)(H,88,106)(H,89,109)(H,90,104)(H,91,108)(H,92,103)(H,93,107)(H,94,110)(H,95,105)(H,113,114)(H4,78,79,83)(H4,80,81,84)/t49-,50-,51-,52-,53-,54-,55-,56+,57-,58-,59-,60-/m0/s1. The number of rotatable bonds is 45. The highest BCUT2D eigenvalue weighted by Gasteiger charge is 2.44.